The number of hydrogen-bond donors (Lipinski definition) is 2. The summed E-state index contributed by atoms with van der Waals surface area (Å²) in [6.45, 7) is 5.77. The number of likely N-dealkylation sites (tertiary alicyclic amines) is 1. The van der Waals surface area contributed by atoms with Crippen LogP contribution in [-0.2, 0) is 13.1 Å². The molecule has 3 aliphatic rings. The normalized spacial score (nSPS) is 23.1. The average Bonchev–Trinajstić information content (AvgIpc) is 3.30. The van der Waals surface area contributed by atoms with E-state index in [1.807, 2.05) is 11.8 Å². The summed E-state index contributed by atoms with van der Waals surface area (Å²) in [5.74, 6) is 0.948. The Morgan fingerprint density at radius 3 is 3.08 bits per heavy atom. The molecule has 0 radical (unpaired) electrons. The van der Waals surface area contributed by atoms with E-state index in [1.54, 1.807) is 0 Å². The Labute approximate surface area is 148 Å². The molecule has 0 spiro atoms. The number of aromatic amines is 1. The highest BCUT2D eigenvalue weighted by Gasteiger charge is 2.31. The van der Waals surface area contributed by atoms with Gasteiger partial charge in [0.05, 0.1) is 18.8 Å². The van der Waals surface area contributed by atoms with Gasteiger partial charge in [-0.2, -0.15) is 5.10 Å². The summed E-state index contributed by atoms with van der Waals surface area (Å²) in [6.07, 6.45) is 9.16. The first-order valence-corrected chi connectivity index (χ1v) is 9.11. The van der Waals surface area contributed by atoms with Gasteiger partial charge in [0, 0.05) is 30.9 Å². The Kier molecular flexibility index (Phi) is 4.25. The first kappa shape index (κ1) is 16.2. The number of carbonyl (C=O) groups is 1. The first-order chi connectivity index (χ1) is 12.2. The number of amides is 2. The second-order valence-corrected chi connectivity index (χ2v) is 7.02. The predicted octanol–water partition coefficient (Wildman–Crippen LogP) is 1.81. The first-order valence-electron chi connectivity index (χ1n) is 9.11. The largest absolute Gasteiger partial charge is 0.338 e. The number of hydrogen-bond acceptors (Lipinski definition) is 4. The molecule has 0 saturated carbocycles. The molecule has 4 heterocycles. The molecule has 4 rings (SSSR count). The zero-order chi connectivity index (χ0) is 17.4. The zero-order valence-electron chi connectivity index (χ0n) is 15.0. The molecule has 0 bridgehead atoms. The maximum Gasteiger partial charge on any atom is 0.318 e. The minimum atomic E-state index is -0.0135. The minimum absolute atomic E-state index is 0.0135. The van der Waals surface area contributed by atoms with Crippen LogP contribution in [0.1, 0.15) is 31.0 Å². The lowest BCUT2D eigenvalue weighted by Gasteiger charge is -2.27. The van der Waals surface area contributed by atoms with Crippen LogP contribution in [0.5, 0.6) is 0 Å². The number of likely N-dealkylation sites (N-methyl/N-ethyl adjacent to an activating group) is 1. The van der Waals surface area contributed by atoms with Crippen molar-refractivity contribution in [1.82, 2.24) is 25.3 Å². The maximum atomic E-state index is 12.1. The molecule has 1 fully saturated rings. The van der Waals surface area contributed by atoms with Gasteiger partial charge in [-0.1, -0.05) is 12.2 Å². The number of carbonyl (C=O) groups excluding carboxylic acids is 1. The summed E-state index contributed by atoms with van der Waals surface area (Å²) < 4.78 is 0. The second-order valence-electron chi connectivity index (χ2n) is 7.02. The van der Waals surface area contributed by atoms with Gasteiger partial charge < -0.3 is 15.1 Å². The fourth-order valence-corrected chi connectivity index (χ4v) is 4.02. The topological polar surface area (TPSA) is 67.5 Å². The number of H-pyrrole nitrogens is 1. The van der Waals surface area contributed by atoms with Crippen molar-refractivity contribution in [2.75, 3.05) is 31.6 Å². The summed E-state index contributed by atoms with van der Waals surface area (Å²) in [5.41, 5.74) is 3.53. The van der Waals surface area contributed by atoms with E-state index in [0.29, 0.717) is 25.7 Å². The van der Waals surface area contributed by atoms with Crippen LogP contribution in [-0.4, -0.2) is 58.8 Å². The number of rotatable bonds is 3. The molecule has 134 valence electrons. The standard InChI is InChI=1S/C18H26N6O/c1-3-19-18(25)24-11-14-15(12-24)20-21-17(14)23-9-4-6-13(10-23)16-7-5-8-22(16)2/h4,6,10,16H,3,5,7-9,11-12H2,1-2H3,(H,19,25)(H,20,21). The highest BCUT2D eigenvalue weighted by Crippen LogP contribution is 2.32. The summed E-state index contributed by atoms with van der Waals surface area (Å²) in [4.78, 5) is 18.6. The Morgan fingerprint density at radius 2 is 2.32 bits per heavy atom. The van der Waals surface area contributed by atoms with Gasteiger partial charge in [0.25, 0.3) is 0 Å². The third-order valence-electron chi connectivity index (χ3n) is 5.34. The lowest BCUT2D eigenvalue weighted by atomic mass is 10.0. The van der Waals surface area contributed by atoms with Gasteiger partial charge in [-0.25, -0.2) is 4.79 Å². The quantitative estimate of drug-likeness (QED) is 0.879. The third-order valence-corrected chi connectivity index (χ3v) is 5.34. The van der Waals surface area contributed by atoms with Gasteiger partial charge in [-0.15, -0.1) is 0 Å². The van der Waals surface area contributed by atoms with Crippen LogP contribution >= 0.6 is 0 Å². The van der Waals surface area contributed by atoms with Gasteiger partial charge in [0.2, 0.25) is 0 Å². The van der Waals surface area contributed by atoms with E-state index >= 15 is 0 Å². The van der Waals surface area contributed by atoms with Crippen molar-refractivity contribution in [3.05, 3.63) is 35.2 Å². The molecule has 1 atom stereocenters. The van der Waals surface area contributed by atoms with Crippen LogP contribution < -0.4 is 10.2 Å². The summed E-state index contributed by atoms with van der Waals surface area (Å²) >= 11 is 0. The van der Waals surface area contributed by atoms with Crippen molar-refractivity contribution in [3.63, 3.8) is 0 Å². The molecule has 0 aromatic carbocycles. The van der Waals surface area contributed by atoms with Crippen LogP contribution in [0.2, 0.25) is 0 Å². The summed E-state index contributed by atoms with van der Waals surface area (Å²) in [7, 11) is 2.20. The monoisotopic (exact) mass is 342 g/mol. The molecule has 2 amide bonds. The molecule has 3 aliphatic heterocycles. The zero-order valence-corrected chi connectivity index (χ0v) is 15.0. The van der Waals surface area contributed by atoms with Crippen molar-refractivity contribution in [2.24, 2.45) is 0 Å². The molecule has 2 N–H and O–H groups in total. The molecule has 1 saturated heterocycles. The van der Waals surface area contributed by atoms with Gasteiger partial charge in [0.15, 0.2) is 5.82 Å². The highest BCUT2D eigenvalue weighted by molar-refractivity contribution is 5.75. The fraction of sp³-hybridized carbons (Fsp3) is 0.556. The Balaban J connectivity index is 1.54. The van der Waals surface area contributed by atoms with Crippen molar-refractivity contribution in [1.29, 1.82) is 0 Å². The fourth-order valence-electron chi connectivity index (χ4n) is 4.02. The van der Waals surface area contributed by atoms with E-state index in [1.165, 1.54) is 18.4 Å². The minimum Gasteiger partial charge on any atom is -0.338 e. The molecule has 1 aromatic heterocycles. The van der Waals surface area contributed by atoms with Crippen LogP contribution in [0.3, 0.4) is 0 Å². The summed E-state index contributed by atoms with van der Waals surface area (Å²) in [6, 6.07) is 0.485. The van der Waals surface area contributed by atoms with Gasteiger partial charge in [-0.05, 0) is 38.9 Å². The number of aromatic nitrogens is 2. The Hall–Kier alpha value is -2.28. The molecule has 1 unspecified atom stereocenters. The molecule has 7 heteroatoms. The maximum absolute atomic E-state index is 12.1. The molecule has 25 heavy (non-hydrogen) atoms. The number of fused-ring (bicyclic) bond motifs is 1. The van der Waals surface area contributed by atoms with Crippen molar-refractivity contribution in [3.8, 4) is 0 Å². The number of nitrogens with one attached hydrogen (secondary N) is 2. The third kappa shape index (κ3) is 2.93. The number of anilines is 1. The lowest BCUT2D eigenvalue weighted by molar-refractivity contribution is 0.198. The van der Waals surface area contributed by atoms with Crippen LogP contribution in [0, 0.1) is 0 Å². The molecule has 0 aliphatic carbocycles. The SMILES string of the molecule is CCNC(=O)N1Cc2[nH]nc(N3C=C(C4CCCN4C)C=CC3)c2C1. The smallest absolute Gasteiger partial charge is 0.318 e. The lowest BCUT2D eigenvalue weighted by Crippen LogP contribution is -2.36. The molecular weight excluding hydrogens is 316 g/mol. The average molecular weight is 342 g/mol. The molecule has 1 aromatic rings. The van der Waals surface area contributed by atoms with E-state index in [-0.39, 0.29) is 6.03 Å². The van der Waals surface area contributed by atoms with Gasteiger partial charge in [-0.3, -0.25) is 10.00 Å². The Bertz CT molecular complexity index is 721. The van der Waals surface area contributed by atoms with Crippen LogP contribution in [0.15, 0.2) is 23.9 Å². The predicted molar refractivity (Wildman–Crippen MR) is 97.1 cm³/mol. The van der Waals surface area contributed by atoms with Crippen molar-refractivity contribution >= 4 is 11.8 Å². The summed E-state index contributed by atoms with van der Waals surface area (Å²) in [5, 5.41) is 10.5. The van der Waals surface area contributed by atoms with Crippen LogP contribution in [0.25, 0.3) is 0 Å². The second kappa shape index (κ2) is 6.55. The van der Waals surface area contributed by atoms with E-state index in [0.717, 1.165) is 30.2 Å². The van der Waals surface area contributed by atoms with E-state index < -0.39 is 0 Å². The number of urea groups is 1. The van der Waals surface area contributed by atoms with E-state index in [2.05, 4.69) is 50.7 Å². The van der Waals surface area contributed by atoms with E-state index in [9.17, 15) is 4.79 Å². The van der Waals surface area contributed by atoms with Gasteiger partial charge in [0.1, 0.15) is 0 Å². The van der Waals surface area contributed by atoms with E-state index in [4.69, 9.17) is 0 Å². The highest BCUT2D eigenvalue weighted by atomic mass is 16.2. The van der Waals surface area contributed by atoms with Gasteiger partial charge >= 0.3 is 6.03 Å². The number of nitrogens with zero attached hydrogens (tertiary/aromatic N) is 4. The van der Waals surface area contributed by atoms with Crippen molar-refractivity contribution < 1.29 is 4.79 Å². The molecule has 7 nitrogen and oxygen atoms in total. The Morgan fingerprint density at radius 1 is 1.44 bits per heavy atom. The van der Waals surface area contributed by atoms with Crippen LogP contribution in [0.4, 0.5) is 10.6 Å². The molecular formula is C18H26N6O. The van der Waals surface area contributed by atoms with Crippen molar-refractivity contribution in [2.45, 2.75) is 38.9 Å².